The summed E-state index contributed by atoms with van der Waals surface area (Å²) in [6.07, 6.45) is 0. The number of carbonyl (C=O) groups is 1. The van der Waals surface area contributed by atoms with Crippen molar-refractivity contribution in [1.82, 2.24) is 0 Å². The molecule has 3 N–H and O–H groups in total. The molecular weight excluding hydrogens is 436 g/mol. The van der Waals surface area contributed by atoms with Gasteiger partial charge in [-0.3, -0.25) is 13.3 Å². The maximum absolute atomic E-state index is 14.5. The lowest BCUT2D eigenvalue weighted by molar-refractivity contribution is 0.102. The van der Waals surface area contributed by atoms with E-state index in [2.05, 4.69) is 5.32 Å². The standard InChI is InChI=1S/C19H14BF3N2O5S/c21-15-7-5-13(10-17(15)23)24-19(26)11-4-6-16(22)18(8-11)25(31(29)30)14-3-1-2-12(9-14)20(27)28/h1-10,27-28H,(H,24,26)(H,29,30)/p-1. The van der Waals surface area contributed by atoms with Gasteiger partial charge in [0, 0.05) is 17.3 Å². The van der Waals surface area contributed by atoms with Crippen molar-refractivity contribution in [3.8, 4) is 0 Å². The fraction of sp³-hybridized carbons (Fsp3) is 0. The Balaban J connectivity index is 1.98. The molecular formula is C19H13BF3N2O5S-. The molecule has 0 heterocycles. The normalized spacial score (nSPS) is 11.7. The van der Waals surface area contributed by atoms with Crippen molar-refractivity contribution in [3.63, 3.8) is 0 Å². The van der Waals surface area contributed by atoms with E-state index in [4.69, 9.17) is 0 Å². The lowest BCUT2D eigenvalue weighted by Gasteiger charge is -2.27. The van der Waals surface area contributed by atoms with E-state index >= 15 is 0 Å². The van der Waals surface area contributed by atoms with Gasteiger partial charge in [-0.05, 0) is 47.9 Å². The largest absolute Gasteiger partial charge is 0.755 e. The highest BCUT2D eigenvalue weighted by Gasteiger charge is 2.20. The topological polar surface area (TPSA) is 113 Å². The number of nitrogens with zero attached hydrogens (tertiary/aromatic N) is 1. The Hall–Kier alpha value is -3.19. The number of rotatable bonds is 6. The molecule has 12 heteroatoms. The Morgan fingerprint density at radius 1 is 0.968 bits per heavy atom. The van der Waals surface area contributed by atoms with Crippen LogP contribution in [0.3, 0.4) is 0 Å². The molecule has 0 aliphatic rings. The Labute approximate surface area is 177 Å². The number of carbonyl (C=O) groups excluding carboxylic acids is 1. The molecule has 0 aromatic heterocycles. The van der Waals surface area contributed by atoms with Crippen molar-refractivity contribution in [2.75, 3.05) is 9.62 Å². The first-order valence-electron chi connectivity index (χ1n) is 8.59. The molecule has 3 aromatic carbocycles. The van der Waals surface area contributed by atoms with Gasteiger partial charge in [0.1, 0.15) is 5.82 Å². The van der Waals surface area contributed by atoms with Gasteiger partial charge >= 0.3 is 7.12 Å². The van der Waals surface area contributed by atoms with Crippen LogP contribution in [0.25, 0.3) is 0 Å². The van der Waals surface area contributed by atoms with Crippen molar-refractivity contribution in [2.24, 2.45) is 0 Å². The molecule has 1 unspecified atom stereocenters. The van der Waals surface area contributed by atoms with Crippen LogP contribution in [-0.2, 0) is 11.3 Å². The monoisotopic (exact) mass is 449 g/mol. The minimum atomic E-state index is -3.05. The molecule has 3 rings (SSSR count). The average molecular weight is 449 g/mol. The van der Waals surface area contributed by atoms with Gasteiger partial charge < -0.3 is 19.9 Å². The van der Waals surface area contributed by atoms with Crippen molar-refractivity contribution >= 4 is 46.8 Å². The van der Waals surface area contributed by atoms with E-state index in [0.717, 1.165) is 42.5 Å². The molecule has 0 radical (unpaired) electrons. The summed E-state index contributed by atoms with van der Waals surface area (Å²) in [6.45, 7) is 0. The van der Waals surface area contributed by atoms with Gasteiger partial charge in [0.15, 0.2) is 11.6 Å². The average Bonchev–Trinajstić information content (AvgIpc) is 2.72. The molecule has 3 aromatic rings. The van der Waals surface area contributed by atoms with E-state index in [0.29, 0.717) is 4.31 Å². The van der Waals surface area contributed by atoms with Crippen molar-refractivity contribution in [1.29, 1.82) is 0 Å². The third-order valence-corrected chi connectivity index (χ3v) is 4.86. The van der Waals surface area contributed by atoms with Crippen LogP contribution in [0.4, 0.5) is 30.2 Å². The van der Waals surface area contributed by atoms with Gasteiger partial charge in [0.25, 0.3) is 5.91 Å². The summed E-state index contributed by atoms with van der Waals surface area (Å²) in [5.41, 5.74) is -0.911. The molecule has 0 bridgehead atoms. The van der Waals surface area contributed by atoms with Crippen molar-refractivity contribution in [2.45, 2.75) is 0 Å². The van der Waals surface area contributed by atoms with Gasteiger partial charge in [-0.25, -0.2) is 13.2 Å². The molecule has 160 valence electrons. The Bertz CT molecular complexity index is 1170. The number of nitrogens with one attached hydrogen (secondary N) is 1. The first kappa shape index (κ1) is 22.5. The van der Waals surface area contributed by atoms with Gasteiger partial charge in [0.05, 0.1) is 22.6 Å². The third-order valence-electron chi connectivity index (χ3n) is 4.16. The highest BCUT2D eigenvalue weighted by Crippen LogP contribution is 2.30. The van der Waals surface area contributed by atoms with E-state index in [9.17, 15) is 36.8 Å². The number of halogens is 3. The maximum Gasteiger partial charge on any atom is 0.488 e. The van der Waals surface area contributed by atoms with Crippen LogP contribution < -0.4 is 15.1 Å². The van der Waals surface area contributed by atoms with Gasteiger partial charge in [-0.2, -0.15) is 0 Å². The summed E-state index contributed by atoms with van der Waals surface area (Å²) in [4.78, 5) is 12.5. The fourth-order valence-corrected chi connectivity index (χ4v) is 3.29. The van der Waals surface area contributed by atoms with Gasteiger partial charge in [-0.1, -0.05) is 12.1 Å². The molecule has 7 nitrogen and oxygen atoms in total. The van der Waals surface area contributed by atoms with Crippen molar-refractivity contribution < 1.29 is 36.8 Å². The lowest BCUT2D eigenvalue weighted by atomic mass is 9.80. The predicted octanol–water partition coefficient (Wildman–Crippen LogP) is 1.97. The quantitative estimate of drug-likeness (QED) is 0.394. The van der Waals surface area contributed by atoms with E-state index in [1.54, 1.807) is 0 Å². The summed E-state index contributed by atoms with van der Waals surface area (Å²) in [5.74, 6) is -4.10. The molecule has 1 atom stereocenters. The van der Waals surface area contributed by atoms with Crippen molar-refractivity contribution in [3.05, 3.63) is 83.7 Å². The zero-order valence-corrected chi connectivity index (χ0v) is 16.3. The Morgan fingerprint density at radius 2 is 1.68 bits per heavy atom. The van der Waals surface area contributed by atoms with Crippen LogP contribution >= 0.6 is 0 Å². The van der Waals surface area contributed by atoms with Gasteiger partial charge in [0.2, 0.25) is 0 Å². The van der Waals surface area contributed by atoms with Crippen LogP contribution in [0.1, 0.15) is 10.4 Å². The number of hydrogen-bond donors (Lipinski definition) is 3. The Morgan fingerprint density at radius 3 is 2.32 bits per heavy atom. The van der Waals surface area contributed by atoms with E-state index in [1.165, 1.54) is 18.2 Å². The second-order valence-electron chi connectivity index (χ2n) is 6.23. The van der Waals surface area contributed by atoms with Crippen LogP contribution in [0.5, 0.6) is 0 Å². The molecule has 1 amide bonds. The smallest absolute Gasteiger partial charge is 0.488 e. The van der Waals surface area contributed by atoms with Gasteiger partial charge in [-0.15, -0.1) is 0 Å². The highest BCUT2D eigenvalue weighted by atomic mass is 32.2. The number of hydrogen-bond acceptors (Lipinski definition) is 5. The summed E-state index contributed by atoms with van der Waals surface area (Å²) < 4.78 is 65.0. The summed E-state index contributed by atoms with van der Waals surface area (Å²) in [6, 6.07) is 10.6. The van der Waals surface area contributed by atoms with E-state index in [-0.39, 0.29) is 22.4 Å². The van der Waals surface area contributed by atoms with Crippen LogP contribution in [0, 0.1) is 17.5 Å². The molecule has 31 heavy (non-hydrogen) atoms. The maximum atomic E-state index is 14.5. The van der Waals surface area contributed by atoms with Crippen LogP contribution in [-0.4, -0.2) is 31.8 Å². The SMILES string of the molecule is O=C(Nc1ccc(F)c(F)c1)c1ccc(F)c(N(c2cccc(B(O)O)c2)S(=O)[O-])c1. The van der Waals surface area contributed by atoms with E-state index < -0.39 is 47.4 Å². The Kier molecular flexibility index (Phi) is 6.76. The predicted molar refractivity (Wildman–Crippen MR) is 108 cm³/mol. The third kappa shape index (κ3) is 5.12. The zero-order chi connectivity index (χ0) is 22.7. The summed E-state index contributed by atoms with van der Waals surface area (Å²) in [7, 11) is -1.89. The molecule has 0 saturated heterocycles. The fourth-order valence-electron chi connectivity index (χ4n) is 2.70. The lowest BCUT2D eigenvalue weighted by Crippen LogP contribution is -2.31. The summed E-state index contributed by atoms with van der Waals surface area (Å²) in [5, 5.41) is 20.9. The minimum absolute atomic E-state index is 0.0411. The number of anilines is 3. The van der Waals surface area contributed by atoms with E-state index in [1.807, 2.05) is 0 Å². The summed E-state index contributed by atoms with van der Waals surface area (Å²) >= 11 is -3.05. The first-order valence-corrected chi connectivity index (χ1v) is 9.62. The minimum Gasteiger partial charge on any atom is -0.755 e. The molecule has 0 aliphatic carbocycles. The molecule has 0 fully saturated rings. The number of amides is 1. The first-order chi connectivity index (χ1) is 14.7. The second kappa shape index (κ2) is 9.31. The molecule has 0 aliphatic heterocycles. The zero-order valence-electron chi connectivity index (χ0n) is 15.5. The molecule has 0 spiro atoms. The van der Waals surface area contributed by atoms with Crippen LogP contribution in [0.2, 0.25) is 0 Å². The number of benzene rings is 3. The molecule has 0 saturated carbocycles. The van der Waals surface area contributed by atoms with Crippen LogP contribution in [0.15, 0.2) is 60.7 Å². The highest BCUT2D eigenvalue weighted by molar-refractivity contribution is 7.81. The second-order valence-corrected chi connectivity index (χ2v) is 7.03.